The van der Waals surface area contributed by atoms with Crippen LogP contribution in [0.4, 0.5) is 0 Å². The molecule has 2 N–H and O–H groups in total. The minimum Gasteiger partial charge on any atom is -0.376 e. The molecule has 1 aromatic rings. The van der Waals surface area contributed by atoms with Gasteiger partial charge in [-0.3, -0.25) is 9.69 Å². The van der Waals surface area contributed by atoms with Gasteiger partial charge in [-0.2, -0.15) is 0 Å². The normalized spacial score (nSPS) is 14.7. The second-order valence-electron chi connectivity index (χ2n) is 3.61. The maximum atomic E-state index is 12.0. The van der Waals surface area contributed by atoms with E-state index in [9.17, 15) is 4.79 Å². The molecular weight excluding hydrogens is 208 g/mol. The van der Waals surface area contributed by atoms with Crippen molar-refractivity contribution in [3.05, 3.63) is 35.9 Å². The minimum absolute atomic E-state index is 0.0920. The van der Waals surface area contributed by atoms with Crippen LogP contribution in [0.1, 0.15) is 23.2 Å². The number of amides is 1. The van der Waals surface area contributed by atoms with Crippen molar-refractivity contribution in [2.45, 2.75) is 18.9 Å². The minimum atomic E-state index is -0.0920. The molecule has 0 radical (unpaired) electrons. The Kier molecular flexibility index (Phi) is 2.68. The number of hydrogen-bond donors (Lipinski definition) is 1. The van der Waals surface area contributed by atoms with E-state index in [1.165, 1.54) is 4.90 Å². The molecule has 78 valence electrons. The summed E-state index contributed by atoms with van der Waals surface area (Å²) in [6, 6.07) is 9.30. The molecule has 0 saturated heterocycles. The van der Waals surface area contributed by atoms with Gasteiger partial charge in [0.15, 0.2) is 5.11 Å². The third-order valence-corrected chi connectivity index (χ3v) is 2.59. The first-order valence-electron chi connectivity index (χ1n) is 4.88. The van der Waals surface area contributed by atoms with Crippen molar-refractivity contribution in [1.29, 1.82) is 0 Å². The van der Waals surface area contributed by atoms with E-state index in [4.69, 9.17) is 18.0 Å². The molecule has 1 fully saturated rings. The number of hydrogen-bond acceptors (Lipinski definition) is 2. The third kappa shape index (κ3) is 2.15. The Hall–Kier alpha value is -1.42. The predicted octanol–water partition coefficient (Wildman–Crippen LogP) is 1.53. The summed E-state index contributed by atoms with van der Waals surface area (Å²) >= 11 is 4.89. The van der Waals surface area contributed by atoms with Gasteiger partial charge in [0.1, 0.15) is 0 Å². The first kappa shape index (κ1) is 10.1. The van der Waals surface area contributed by atoms with E-state index in [1.54, 1.807) is 12.1 Å². The zero-order valence-corrected chi connectivity index (χ0v) is 9.04. The third-order valence-electron chi connectivity index (χ3n) is 2.39. The first-order valence-corrected chi connectivity index (χ1v) is 5.29. The van der Waals surface area contributed by atoms with E-state index in [1.807, 2.05) is 18.2 Å². The van der Waals surface area contributed by atoms with Crippen LogP contribution >= 0.6 is 12.2 Å². The predicted molar refractivity (Wildman–Crippen MR) is 62.4 cm³/mol. The van der Waals surface area contributed by atoms with Crippen molar-refractivity contribution < 1.29 is 4.79 Å². The molecule has 1 saturated carbocycles. The summed E-state index contributed by atoms with van der Waals surface area (Å²) < 4.78 is 0. The number of thiocarbonyl (C=S) groups is 1. The van der Waals surface area contributed by atoms with Crippen LogP contribution < -0.4 is 5.73 Å². The quantitative estimate of drug-likeness (QED) is 0.769. The van der Waals surface area contributed by atoms with Gasteiger partial charge in [-0.1, -0.05) is 18.2 Å². The standard InChI is InChI=1S/C11H12N2OS/c12-11(15)13(9-6-7-9)10(14)8-4-2-1-3-5-8/h1-5,9H,6-7H2,(H2,12,15). The number of nitrogens with zero attached hydrogens (tertiary/aromatic N) is 1. The Morgan fingerprint density at radius 2 is 1.93 bits per heavy atom. The highest BCUT2D eigenvalue weighted by atomic mass is 32.1. The second-order valence-corrected chi connectivity index (χ2v) is 4.03. The topological polar surface area (TPSA) is 46.3 Å². The molecule has 1 amide bonds. The fraction of sp³-hybridized carbons (Fsp3) is 0.273. The molecule has 0 aliphatic heterocycles. The Labute approximate surface area is 93.9 Å². The van der Waals surface area contributed by atoms with Crippen LogP contribution in [0.2, 0.25) is 0 Å². The molecule has 1 aliphatic rings. The van der Waals surface area contributed by atoms with Crippen LogP contribution in [0, 0.1) is 0 Å². The van der Waals surface area contributed by atoms with Crippen LogP contribution in [0.5, 0.6) is 0 Å². The smallest absolute Gasteiger partial charge is 0.260 e. The number of carbonyl (C=O) groups is 1. The molecule has 0 aromatic heterocycles. The highest BCUT2D eigenvalue weighted by Crippen LogP contribution is 2.28. The molecule has 0 atom stereocenters. The summed E-state index contributed by atoms with van der Waals surface area (Å²) in [4.78, 5) is 13.5. The summed E-state index contributed by atoms with van der Waals surface area (Å²) in [6.07, 6.45) is 1.99. The van der Waals surface area contributed by atoms with Crippen LogP contribution in [-0.2, 0) is 0 Å². The lowest BCUT2D eigenvalue weighted by molar-refractivity contribution is 0.0841. The maximum Gasteiger partial charge on any atom is 0.260 e. The lowest BCUT2D eigenvalue weighted by Crippen LogP contribution is -2.42. The highest BCUT2D eigenvalue weighted by Gasteiger charge is 2.34. The van der Waals surface area contributed by atoms with Gasteiger partial charge < -0.3 is 5.73 Å². The van der Waals surface area contributed by atoms with Crippen molar-refractivity contribution in [2.24, 2.45) is 5.73 Å². The molecule has 1 aromatic carbocycles. The maximum absolute atomic E-state index is 12.0. The zero-order valence-electron chi connectivity index (χ0n) is 8.22. The Morgan fingerprint density at radius 3 is 2.40 bits per heavy atom. The lowest BCUT2D eigenvalue weighted by atomic mass is 10.2. The number of benzene rings is 1. The average molecular weight is 220 g/mol. The number of nitrogens with two attached hydrogens (primary N) is 1. The Bertz CT molecular complexity index is 387. The second kappa shape index (κ2) is 3.98. The molecule has 15 heavy (non-hydrogen) atoms. The van der Waals surface area contributed by atoms with Gasteiger partial charge >= 0.3 is 0 Å². The SMILES string of the molecule is NC(=S)N(C(=O)c1ccccc1)C1CC1. The van der Waals surface area contributed by atoms with Crippen molar-refractivity contribution >= 4 is 23.2 Å². The molecule has 0 unspecified atom stereocenters. The highest BCUT2D eigenvalue weighted by molar-refractivity contribution is 7.80. The van der Waals surface area contributed by atoms with E-state index in [2.05, 4.69) is 0 Å². The lowest BCUT2D eigenvalue weighted by Gasteiger charge is -2.20. The molecule has 2 rings (SSSR count). The Balaban J connectivity index is 2.22. The fourth-order valence-electron chi connectivity index (χ4n) is 1.50. The summed E-state index contributed by atoms with van der Waals surface area (Å²) in [7, 11) is 0. The van der Waals surface area contributed by atoms with E-state index in [-0.39, 0.29) is 17.1 Å². The van der Waals surface area contributed by atoms with Crippen molar-refractivity contribution in [3.63, 3.8) is 0 Å². The molecule has 3 nitrogen and oxygen atoms in total. The van der Waals surface area contributed by atoms with Gasteiger partial charge in [-0.25, -0.2) is 0 Å². The molecular formula is C11H12N2OS. The van der Waals surface area contributed by atoms with Gasteiger partial charge in [0.05, 0.1) is 0 Å². The zero-order chi connectivity index (χ0) is 10.8. The summed E-state index contributed by atoms with van der Waals surface area (Å²) in [5, 5.41) is 0.173. The Morgan fingerprint density at radius 1 is 1.33 bits per heavy atom. The van der Waals surface area contributed by atoms with E-state index >= 15 is 0 Å². The largest absolute Gasteiger partial charge is 0.376 e. The van der Waals surface area contributed by atoms with Gasteiger partial charge in [-0.05, 0) is 37.2 Å². The summed E-state index contributed by atoms with van der Waals surface area (Å²) in [6.45, 7) is 0. The number of carbonyl (C=O) groups excluding carboxylic acids is 1. The molecule has 1 aliphatic carbocycles. The monoisotopic (exact) mass is 220 g/mol. The van der Waals surface area contributed by atoms with Crippen molar-refractivity contribution in [1.82, 2.24) is 4.90 Å². The van der Waals surface area contributed by atoms with Crippen LogP contribution in [0.25, 0.3) is 0 Å². The van der Waals surface area contributed by atoms with Gasteiger partial charge in [-0.15, -0.1) is 0 Å². The van der Waals surface area contributed by atoms with Gasteiger partial charge in [0, 0.05) is 11.6 Å². The molecule has 0 heterocycles. The number of rotatable bonds is 2. The molecule has 4 heteroatoms. The average Bonchev–Trinajstić information content (AvgIpc) is 3.03. The van der Waals surface area contributed by atoms with Crippen LogP contribution in [0.15, 0.2) is 30.3 Å². The van der Waals surface area contributed by atoms with E-state index in [0.717, 1.165) is 12.8 Å². The van der Waals surface area contributed by atoms with Gasteiger partial charge in [0.2, 0.25) is 0 Å². The van der Waals surface area contributed by atoms with Crippen LogP contribution in [0.3, 0.4) is 0 Å². The first-order chi connectivity index (χ1) is 7.20. The van der Waals surface area contributed by atoms with E-state index < -0.39 is 0 Å². The molecule has 0 spiro atoms. The van der Waals surface area contributed by atoms with Gasteiger partial charge in [0.25, 0.3) is 5.91 Å². The van der Waals surface area contributed by atoms with Crippen molar-refractivity contribution in [2.75, 3.05) is 0 Å². The van der Waals surface area contributed by atoms with E-state index in [0.29, 0.717) is 5.56 Å². The molecule has 0 bridgehead atoms. The summed E-state index contributed by atoms with van der Waals surface area (Å²) in [5.41, 5.74) is 6.19. The fourth-order valence-corrected chi connectivity index (χ4v) is 1.73. The van der Waals surface area contributed by atoms with Crippen molar-refractivity contribution in [3.8, 4) is 0 Å². The van der Waals surface area contributed by atoms with Crippen LogP contribution in [-0.4, -0.2) is 22.0 Å². The summed E-state index contributed by atoms with van der Waals surface area (Å²) in [5.74, 6) is -0.0920.